The molecule has 2 aromatic carbocycles. The summed E-state index contributed by atoms with van der Waals surface area (Å²) in [6.45, 7) is 1.93. The summed E-state index contributed by atoms with van der Waals surface area (Å²) >= 11 is 4.78. The summed E-state index contributed by atoms with van der Waals surface area (Å²) in [5.74, 6) is -0.829. The van der Waals surface area contributed by atoms with Crippen molar-refractivity contribution in [3.05, 3.63) is 65.0 Å². The van der Waals surface area contributed by atoms with Gasteiger partial charge in [0.15, 0.2) is 0 Å². The summed E-state index contributed by atoms with van der Waals surface area (Å²) in [7, 11) is 0. The molecule has 2 rings (SSSR count). The summed E-state index contributed by atoms with van der Waals surface area (Å²) in [4.78, 5) is 12.1. The molecule has 0 unspecified atom stereocenters. The van der Waals surface area contributed by atoms with Gasteiger partial charge in [-0.05, 0) is 36.2 Å². The number of benzene rings is 2. The monoisotopic (exact) mass is 302 g/mol. The lowest BCUT2D eigenvalue weighted by atomic mass is 10.1. The number of aryl methyl sites for hydroxylation is 1. The van der Waals surface area contributed by atoms with Gasteiger partial charge in [-0.1, -0.05) is 36.5 Å². The van der Waals surface area contributed by atoms with Gasteiger partial charge in [-0.2, -0.15) is 0 Å². The Morgan fingerprint density at radius 1 is 1.29 bits per heavy atom. The van der Waals surface area contributed by atoms with Crippen molar-refractivity contribution in [2.45, 2.75) is 13.3 Å². The zero-order valence-corrected chi connectivity index (χ0v) is 12.3. The van der Waals surface area contributed by atoms with Crippen LogP contribution in [0.5, 0.6) is 0 Å². The Morgan fingerprint density at radius 3 is 2.62 bits per heavy atom. The maximum atomic E-state index is 13.9. The normalized spacial score (nSPS) is 10.2. The number of amides is 1. The van der Waals surface area contributed by atoms with Gasteiger partial charge in [-0.25, -0.2) is 4.39 Å². The largest absolute Gasteiger partial charge is 0.389 e. The van der Waals surface area contributed by atoms with Crippen LogP contribution in [-0.4, -0.2) is 10.9 Å². The minimum absolute atomic E-state index is 0.117. The van der Waals surface area contributed by atoms with Crippen LogP contribution >= 0.6 is 12.2 Å². The first-order valence-corrected chi connectivity index (χ1v) is 6.82. The zero-order valence-electron chi connectivity index (χ0n) is 11.5. The lowest BCUT2D eigenvalue weighted by Crippen LogP contribution is -2.16. The van der Waals surface area contributed by atoms with E-state index in [1.54, 1.807) is 6.07 Å². The molecular formula is C16H15FN2OS. The molecule has 2 aromatic rings. The Morgan fingerprint density at radius 2 is 2.00 bits per heavy atom. The van der Waals surface area contributed by atoms with Crippen molar-refractivity contribution in [2.24, 2.45) is 5.73 Å². The van der Waals surface area contributed by atoms with Gasteiger partial charge >= 0.3 is 0 Å². The Kier molecular flexibility index (Phi) is 4.65. The molecule has 0 radical (unpaired) electrons. The molecule has 1 amide bonds. The van der Waals surface area contributed by atoms with Gasteiger partial charge in [-0.3, -0.25) is 4.79 Å². The topological polar surface area (TPSA) is 55.1 Å². The predicted octanol–water partition coefficient (Wildman–Crippen LogP) is 2.95. The number of hydrogen-bond donors (Lipinski definition) is 2. The summed E-state index contributed by atoms with van der Waals surface area (Å²) in [5.41, 5.74) is 7.92. The lowest BCUT2D eigenvalue weighted by Gasteiger charge is -2.09. The molecule has 0 aromatic heterocycles. The second-order valence-corrected chi connectivity index (χ2v) is 5.15. The molecule has 5 heteroatoms. The van der Waals surface area contributed by atoms with Gasteiger partial charge < -0.3 is 11.1 Å². The molecule has 0 spiro atoms. The minimum Gasteiger partial charge on any atom is -0.389 e. The van der Waals surface area contributed by atoms with Crippen LogP contribution in [-0.2, 0) is 11.2 Å². The van der Waals surface area contributed by atoms with E-state index in [0.717, 1.165) is 11.1 Å². The van der Waals surface area contributed by atoms with Crippen molar-refractivity contribution in [1.29, 1.82) is 0 Å². The number of nitrogens with two attached hydrogens (primary N) is 1. The maximum Gasteiger partial charge on any atom is 0.228 e. The zero-order chi connectivity index (χ0) is 15.4. The van der Waals surface area contributed by atoms with Crippen LogP contribution in [0.2, 0.25) is 0 Å². The number of anilines is 1. The fourth-order valence-corrected chi connectivity index (χ4v) is 2.07. The first-order chi connectivity index (χ1) is 9.97. The number of halogens is 1. The molecule has 0 bridgehead atoms. The van der Waals surface area contributed by atoms with E-state index < -0.39 is 5.82 Å². The van der Waals surface area contributed by atoms with E-state index in [2.05, 4.69) is 5.32 Å². The van der Waals surface area contributed by atoms with Crippen molar-refractivity contribution >= 4 is 28.8 Å². The van der Waals surface area contributed by atoms with Gasteiger partial charge in [0.25, 0.3) is 0 Å². The highest BCUT2D eigenvalue weighted by Gasteiger charge is 2.10. The van der Waals surface area contributed by atoms with Crippen molar-refractivity contribution < 1.29 is 9.18 Å². The van der Waals surface area contributed by atoms with Gasteiger partial charge in [0.05, 0.1) is 12.1 Å². The number of thiocarbonyl (C=S) groups is 1. The minimum atomic E-state index is -0.557. The quantitative estimate of drug-likeness (QED) is 0.854. The van der Waals surface area contributed by atoms with Crippen LogP contribution in [0.3, 0.4) is 0 Å². The molecule has 3 nitrogen and oxygen atoms in total. The van der Waals surface area contributed by atoms with Crippen LogP contribution in [0.25, 0.3) is 0 Å². The first kappa shape index (κ1) is 15.1. The van der Waals surface area contributed by atoms with E-state index in [-0.39, 0.29) is 23.0 Å². The van der Waals surface area contributed by atoms with E-state index in [4.69, 9.17) is 18.0 Å². The maximum absolute atomic E-state index is 13.9. The van der Waals surface area contributed by atoms with E-state index in [1.165, 1.54) is 12.1 Å². The van der Waals surface area contributed by atoms with E-state index in [1.807, 2.05) is 31.2 Å². The second-order valence-electron chi connectivity index (χ2n) is 4.71. The molecule has 0 aliphatic heterocycles. The van der Waals surface area contributed by atoms with Crippen LogP contribution in [0, 0.1) is 12.7 Å². The number of carbonyl (C=O) groups excluding carboxylic acids is 1. The molecule has 0 heterocycles. The Bertz CT molecular complexity index is 700. The predicted molar refractivity (Wildman–Crippen MR) is 85.8 cm³/mol. The van der Waals surface area contributed by atoms with Crippen LogP contribution in [0.4, 0.5) is 10.1 Å². The smallest absolute Gasteiger partial charge is 0.228 e. The highest BCUT2D eigenvalue weighted by Crippen LogP contribution is 2.17. The summed E-state index contributed by atoms with van der Waals surface area (Å²) in [5, 5.41) is 2.55. The SMILES string of the molecule is Cc1ccccc1CC(=O)Nc1ccc(C(N)=S)cc1F. The van der Waals surface area contributed by atoms with Gasteiger partial charge in [0, 0.05) is 5.56 Å². The van der Waals surface area contributed by atoms with E-state index in [0.29, 0.717) is 5.56 Å². The van der Waals surface area contributed by atoms with Crippen molar-refractivity contribution in [3.63, 3.8) is 0 Å². The summed E-state index contributed by atoms with van der Waals surface area (Å²) in [6.07, 6.45) is 0.198. The van der Waals surface area contributed by atoms with Gasteiger partial charge in [0.1, 0.15) is 10.8 Å². The second kappa shape index (κ2) is 6.45. The van der Waals surface area contributed by atoms with Crippen LogP contribution in [0.1, 0.15) is 16.7 Å². The molecule has 0 saturated heterocycles. The Labute approximate surface area is 128 Å². The highest BCUT2D eigenvalue weighted by molar-refractivity contribution is 7.80. The fraction of sp³-hybridized carbons (Fsp3) is 0.125. The van der Waals surface area contributed by atoms with Crippen LogP contribution < -0.4 is 11.1 Å². The first-order valence-electron chi connectivity index (χ1n) is 6.41. The number of carbonyl (C=O) groups is 1. The number of rotatable bonds is 4. The molecule has 0 aliphatic rings. The summed E-state index contributed by atoms with van der Waals surface area (Å²) < 4.78 is 13.9. The average Bonchev–Trinajstić information content (AvgIpc) is 2.43. The third-order valence-electron chi connectivity index (χ3n) is 3.14. The fourth-order valence-electron chi connectivity index (χ4n) is 1.95. The van der Waals surface area contributed by atoms with Crippen molar-refractivity contribution in [1.82, 2.24) is 0 Å². The van der Waals surface area contributed by atoms with E-state index >= 15 is 0 Å². The lowest BCUT2D eigenvalue weighted by molar-refractivity contribution is -0.115. The van der Waals surface area contributed by atoms with Gasteiger partial charge in [-0.15, -0.1) is 0 Å². The molecule has 0 atom stereocenters. The summed E-state index contributed by atoms with van der Waals surface area (Å²) in [6, 6.07) is 11.8. The van der Waals surface area contributed by atoms with Crippen LogP contribution in [0.15, 0.2) is 42.5 Å². The third-order valence-corrected chi connectivity index (χ3v) is 3.38. The van der Waals surface area contributed by atoms with Gasteiger partial charge in [0.2, 0.25) is 5.91 Å². The molecule has 3 N–H and O–H groups in total. The average molecular weight is 302 g/mol. The van der Waals surface area contributed by atoms with E-state index in [9.17, 15) is 9.18 Å². The molecule has 0 fully saturated rings. The van der Waals surface area contributed by atoms with Crippen molar-refractivity contribution in [2.75, 3.05) is 5.32 Å². The molecule has 0 aliphatic carbocycles. The molecule has 108 valence electrons. The highest BCUT2D eigenvalue weighted by atomic mass is 32.1. The standard InChI is InChI=1S/C16H15FN2OS/c1-10-4-2-3-5-11(10)9-15(20)19-14-7-6-12(16(18)21)8-13(14)17/h2-8H,9H2,1H3,(H2,18,21)(H,19,20). The number of nitrogens with one attached hydrogen (secondary N) is 1. The Hall–Kier alpha value is -2.27. The molecule has 21 heavy (non-hydrogen) atoms. The molecule has 0 saturated carbocycles. The molecular weight excluding hydrogens is 287 g/mol. The third kappa shape index (κ3) is 3.86. The number of hydrogen-bond acceptors (Lipinski definition) is 2. The Balaban J connectivity index is 2.10. The van der Waals surface area contributed by atoms with Crippen molar-refractivity contribution in [3.8, 4) is 0 Å².